The van der Waals surface area contributed by atoms with E-state index in [1.54, 1.807) is 6.92 Å². The third-order valence-corrected chi connectivity index (χ3v) is 3.54. The molecular weight excluding hydrogens is 258 g/mol. The summed E-state index contributed by atoms with van der Waals surface area (Å²) < 4.78 is 0. The summed E-state index contributed by atoms with van der Waals surface area (Å²) >= 11 is 0. The van der Waals surface area contributed by atoms with Gasteiger partial charge in [0.1, 0.15) is 0 Å². The summed E-state index contributed by atoms with van der Waals surface area (Å²) in [5.74, 6) is 0.749. The molecule has 0 N–H and O–H groups in total. The number of hydrogen-bond acceptors (Lipinski definition) is 1. The first-order valence-electron chi connectivity index (χ1n) is 7.82. The van der Waals surface area contributed by atoms with Gasteiger partial charge < -0.3 is 4.90 Å². The van der Waals surface area contributed by atoms with Crippen LogP contribution in [0.5, 0.6) is 0 Å². The maximum atomic E-state index is 11.4. The molecule has 118 valence electrons. The van der Waals surface area contributed by atoms with E-state index in [0.29, 0.717) is 5.92 Å². The molecule has 2 heteroatoms. The summed E-state index contributed by atoms with van der Waals surface area (Å²) in [6.07, 6.45) is 12.3. The molecule has 0 saturated carbocycles. The highest BCUT2D eigenvalue weighted by atomic mass is 16.2. The van der Waals surface area contributed by atoms with Gasteiger partial charge in [0.2, 0.25) is 5.91 Å². The van der Waals surface area contributed by atoms with Gasteiger partial charge in [0, 0.05) is 20.0 Å². The second-order valence-electron chi connectivity index (χ2n) is 5.58. The number of rotatable bonds is 9. The van der Waals surface area contributed by atoms with Crippen molar-refractivity contribution in [2.45, 2.75) is 47.5 Å². The highest BCUT2D eigenvalue weighted by Gasteiger charge is 2.09. The highest BCUT2D eigenvalue weighted by molar-refractivity contribution is 5.73. The predicted octanol–water partition coefficient (Wildman–Crippen LogP) is 4.91. The van der Waals surface area contributed by atoms with Crippen molar-refractivity contribution in [1.29, 1.82) is 0 Å². The highest BCUT2D eigenvalue weighted by Crippen LogP contribution is 2.16. The Balaban J connectivity index is 4.40. The van der Waals surface area contributed by atoms with Crippen molar-refractivity contribution in [3.8, 4) is 0 Å². The van der Waals surface area contributed by atoms with Gasteiger partial charge in [-0.2, -0.15) is 0 Å². The Kier molecular flexibility index (Phi) is 10.3. The van der Waals surface area contributed by atoms with Crippen molar-refractivity contribution >= 4 is 5.91 Å². The molecule has 0 aromatic rings. The summed E-state index contributed by atoms with van der Waals surface area (Å²) in [5.41, 5.74) is 2.48. The topological polar surface area (TPSA) is 20.3 Å². The van der Waals surface area contributed by atoms with E-state index in [9.17, 15) is 4.79 Å². The van der Waals surface area contributed by atoms with Crippen molar-refractivity contribution in [3.63, 3.8) is 0 Å². The normalized spacial score (nSPS) is 14.3. The molecular formula is C19H31NO. The molecule has 0 heterocycles. The zero-order valence-electron chi connectivity index (χ0n) is 14.4. The number of carbonyl (C=O) groups excluding carboxylic acids is 1. The monoisotopic (exact) mass is 289 g/mol. The number of nitrogens with zero attached hydrogens (tertiary/aromatic N) is 1. The summed E-state index contributed by atoms with van der Waals surface area (Å²) in [5, 5.41) is 0. The van der Waals surface area contributed by atoms with E-state index in [4.69, 9.17) is 0 Å². The van der Waals surface area contributed by atoms with Gasteiger partial charge in [-0.25, -0.2) is 0 Å². The van der Waals surface area contributed by atoms with Crippen molar-refractivity contribution in [1.82, 2.24) is 4.90 Å². The number of amides is 1. The first-order valence-corrected chi connectivity index (χ1v) is 7.82. The van der Waals surface area contributed by atoms with Crippen LogP contribution < -0.4 is 0 Å². The van der Waals surface area contributed by atoms with Crippen LogP contribution in [-0.4, -0.2) is 23.9 Å². The van der Waals surface area contributed by atoms with Crippen molar-refractivity contribution < 1.29 is 4.79 Å². The Hall–Kier alpha value is -1.57. The van der Waals surface area contributed by atoms with E-state index < -0.39 is 0 Å². The zero-order valence-corrected chi connectivity index (χ0v) is 14.4. The van der Waals surface area contributed by atoms with E-state index in [0.717, 1.165) is 31.5 Å². The molecule has 0 saturated heterocycles. The Bertz CT molecular complexity index is 415. The van der Waals surface area contributed by atoms with Gasteiger partial charge in [0.15, 0.2) is 0 Å². The minimum atomic E-state index is 0.168. The van der Waals surface area contributed by atoms with Gasteiger partial charge in [-0.1, -0.05) is 49.5 Å². The van der Waals surface area contributed by atoms with Gasteiger partial charge >= 0.3 is 0 Å². The molecule has 0 spiro atoms. The van der Waals surface area contributed by atoms with Gasteiger partial charge in [-0.3, -0.25) is 4.79 Å². The van der Waals surface area contributed by atoms with Gasteiger partial charge in [0.05, 0.1) is 0 Å². The summed E-state index contributed by atoms with van der Waals surface area (Å²) in [4.78, 5) is 13.3. The third kappa shape index (κ3) is 9.06. The van der Waals surface area contributed by atoms with Crippen molar-refractivity contribution in [2.24, 2.45) is 5.92 Å². The van der Waals surface area contributed by atoms with Crippen LogP contribution in [0.25, 0.3) is 0 Å². The van der Waals surface area contributed by atoms with Crippen molar-refractivity contribution in [2.75, 3.05) is 13.1 Å². The van der Waals surface area contributed by atoms with E-state index in [2.05, 4.69) is 32.6 Å². The smallest absolute Gasteiger partial charge is 0.219 e. The fourth-order valence-corrected chi connectivity index (χ4v) is 2.26. The second kappa shape index (κ2) is 11.1. The maximum absolute atomic E-state index is 11.4. The lowest BCUT2D eigenvalue weighted by molar-refractivity contribution is -0.128. The maximum Gasteiger partial charge on any atom is 0.219 e. The molecule has 0 aromatic heterocycles. The summed E-state index contributed by atoms with van der Waals surface area (Å²) in [6, 6.07) is 0. The molecule has 0 aliphatic heterocycles. The molecule has 1 amide bonds. The van der Waals surface area contributed by atoms with Gasteiger partial charge in [0.25, 0.3) is 0 Å². The van der Waals surface area contributed by atoms with Gasteiger partial charge in [-0.15, -0.1) is 0 Å². The van der Waals surface area contributed by atoms with Gasteiger partial charge in [-0.05, 0) is 45.1 Å². The number of carbonyl (C=O) groups is 1. The molecule has 0 aliphatic carbocycles. The van der Waals surface area contributed by atoms with Crippen LogP contribution in [0.15, 0.2) is 48.1 Å². The molecule has 0 radical (unpaired) electrons. The largest absolute Gasteiger partial charge is 0.343 e. The Morgan fingerprint density at radius 2 is 1.95 bits per heavy atom. The number of hydrogen-bond donors (Lipinski definition) is 0. The molecule has 2 nitrogen and oxygen atoms in total. The lowest BCUT2D eigenvalue weighted by Gasteiger charge is -2.21. The lowest BCUT2D eigenvalue weighted by Crippen LogP contribution is -2.30. The average Bonchev–Trinajstić information content (AvgIpc) is 2.43. The SMILES string of the molecule is C=CC(/C=C\C)=C/C=C(\C)CC(C)CCN(CC)C(C)=O. The molecule has 0 fully saturated rings. The summed E-state index contributed by atoms with van der Waals surface area (Å²) in [7, 11) is 0. The van der Waals surface area contributed by atoms with Crippen LogP contribution in [-0.2, 0) is 4.79 Å². The fraction of sp³-hybridized carbons (Fsp3) is 0.526. The van der Waals surface area contributed by atoms with Crippen LogP contribution in [0.4, 0.5) is 0 Å². The number of allylic oxidation sites excluding steroid dienone is 7. The van der Waals surface area contributed by atoms with E-state index in [1.165, 1.54) is 5.57 Å². The molecule has 0 rings (SSSR count). The minimum absolute atomic E-state index is 0.168. The minimum Gasteiger partial charge on any atom is -0.343 e. The van der Waals surface area contributed by atoms with Crippen LogP contribution in [0.3, 0.4) is 0 Å². The Morgan fingerprint density at radius 3 is 2.43 bits per heavy atom. The van der Waals surface area contributed by atoms with Crippen LogP contribution in [0, 0.1) is 5.92 Å². The quantitative estimate of drug-likeness (QED) is 0.552. The lowest BCUT2D eigenvalue weighted by atomic mass is 9.98. The molecule has 1 unspecified atom stereocenters. The molecule has 21 heavy (non-hydrogen) atoms. The van der Waals surface area contributed by atoms with E-state index >= 15 is 0 Å². The Morgan fingerprint density at radius 1 is 1.29 bits per heavy atom. The first kappa shape index (κ1) is 19.4. The molecule has 0 aliphatic rings. The van der Waals surface area contributed by atoms with E-state index in [-0.39, 0.29) is 5.91 Å². The first-order chi connectivity index (χ1) is 9.94. The van der Waals surface area contributed by atoms with E-state index in [1.807, 2.05) is 37.0 Å². The predicted molar refractivity (Wildman–Crippen MR) is 93.2 cm³/mol. The second-order valence-corrected chi connectivity index (χ2v) is 5.58. The summed E-state index contributed by atoms with van der Waals surface area (Å²) in [6.45, 7) is 15.5. The third-order valence-electron chi connectivity index (χ3n) is 3.54. The Labute approximate surface area is 130 Å². The van der Waals surface area contributed by atoms with Crippen LogP contribution >= 0.6 is 0 Å². The molecule has 0 aromatic carbocycles. The molecule has 1 atom stereocenters. The van der Waals surface area contributed by atoms with Crippen molar-refractivity contribution in [3.05, 3.63) is 48.1 Å². The zero-order chi connectivity index (χ0) is 16.3. The average molecular weight is 289 g/mol. The fourth-order valence-electron chi connectivity index (χ4n) is 2.26. The van der Waals surface area contributed by atoms with Crippen LogP contribution in [0.2, 0.25) is 0 Å². The van der Waals surface area contributed by atoms with Crippen LogP contribution in [0.1, 0.15) is 47.5 Å². The standard InChI is InChI=1S/C19H31NO/c1-7-10-19(8-2)12-11-16(4)15-17(5)13-14-20(9-3)18(6)21/h7-8,10-12,17H,2,9,13-15H2,1,3-6H3/b10-7-,16-11+,19-12-. The molecule has 0 bridgehead atoms.